The summed E-state index contributed by atoms with van der Waals surface area (Å²) in [5.41, 5.74) is 0.638. The van der Waals surface area contributed by atoms with Gasteiger partial charge in [0.05, 0.1) is 5.02 Å². The SMILES string of the molecule is O=C(NCC1CCCC1CBr)c1ccc(I)c(Cl)c1. The van der Waals surface area contributed by atoms with Crippen LogP contribution < -0.4 is 5.32 Å². The molecule has 0 aromatic heterocycles. The van der Waals surface area contributed by atoms with Crippen LogP contribution in [0.3, 0.4) is 0 Å². The van der Waals surface area contributed by atoms with Crippen LogP contribution in [0.1, 0.15) is 29.6 Å². The Morgan fingerprint density at radius 3 is 2.84 bits per heavy atom. The first kappa shape index (κ1) is 15.6. The molecule has 2 atom stereocenters. The first-order valence-electron chi connectivity index (χ1n) is 6.41. The van der Waals surface area contributed by atoms with E-state index >= 15 is 0 Å². The van der Waals surface area contributed by atoms with Crippen LogP contribution in [0.25, 0.3) is 0 Å². The van der Waals surface area contributed by atoms with E-state index in [0.29, 0.717) is 22.4 Å². The van der Waals surface area contributed by atoms with Crippen LogP contribution in [-0.2, 0) is 0 Å². The van der Waals surface area contributed by atoms with Crippen LogP contribution in [-0.4, -0.2) is 17.8 Å². The lowest BCUT2D eigenvalue weighted by Gasteiger charge is -2.17. The van der Waals surface area contributed by atoms with Crippen molar-refractivity contribution in [3.8, 4) is 0 Å². The van der Waals surface area contributed by atoms with Crippen LogP contribution in [0.2, 0.25) is 5.02 Å². The maximum absolute atomic E-state index is 12.1. The number of benzene rings is 1. The lowest BCUT2D eigenvalue weighted by Crippen LogP contribution is -2.31. The number of carbonyl (C=O) groups excluding carboxylic acids is 1. The van der Waals surface area contributed by atoms with Crippen molar-refractivity contribution in [2.75, 3.05) is 11.9 Å². The Bertz CT molecular complexity index is 469. The fraction of sp³-hybridized carbons (Fsp3) is 0.500. The first-order valence-corrected chi connectivity index (χ1v) is 8.99. The molecule has 0 bridgehead atoms. The van der Waals surface area contributed by atoms with E-state index in [1.807, 2.05) is 12.1 Å². The smallest absolute Gasteiger partial charge is 0.251 e. The summed E-state index contributed by atoms with van der Waals surface area (Å²) in [7, 11) is 0. The third-order valence-corrected chi connectivity index (χ3v) is 6.13. The summed E-state index contributed by atoms with van der Waals surface area (Å²) >= 11 is 11.7. The summed E-state index contributed by atoms with van der Waals surface area (Å²) in [6.07, 6.45) is 3.75. The van der Waals surface area contributed by atoms with Crippen molar-refractivity contribution in [2.24, 2.45) is 11.8 Å². The molecule has 0 saturated heterocycles. The third-order valence-electron chi connectivity index (χ3n) is 3.72. The van der Waals surface area contributed by atoms with Gasteiger partial charge in [-0.1, -0.05) is 34.0 Å². The number of amides is 1. The highest BCUT2D eigenvalue weighted by atomic mass is 127. The Morgan fingerprint density at radius 1 is 1.42 bits per heavy atom. The Labute approximate surface area is 140 Å². The Hall–Kier alpha value is 0.190. The van der Waals surface area contributed by atoms with Crippen molar-refractivity contribution in [1.82, 2.24) is 5.32 Å². The zero-order valence-corrected chi connectivity index (χ0v) is 15.0. The van der Waals surface area contributed by atoms with Crippen molar-refractivity contribution in [3.63, 3.8) is 0 Å². The van der Waals surface area contributed by atoms with Gasteiger partial charge in [0, 0.05) is 21.0 Å². The van der Waals surface area contributed by atoms with Gasteiger partial charge in [-0.2, -0.15) is 0 Å². The molecule has 1 saturated carbocycles. The zero-order valence-electron chi connectivity index (χ0n) is 10.5. The summed E-state index contributed by atoms with van der Waals surface area (Å²) in [5.74, 6) is 1.27. The molecule has 1 aliphatic rings. The quantitative estimate of drug-likeness (QED) is 0.525. The van der Waals surface area contributed by atoms with E-state index in [2.05, 4.69) is 43.8 Å². The summed E-state index contributed by atoms with van der Waals surface area (Å²) in [5, 5.41) is 4.69. The largest absolute Gasteiger partial charge is 0.352 e. The highest BCUT2D eigenvalue weighted by molar-refractivity contribution is 14.1. The van der Waals surface area contributed by atoms with Gasteiger partial charge in [-0.05, 0) is 65.5 Å². The Kier molecular flexibility index (Phi) is 5.96. The molecule has 1 N–H and O–H groups in total. The molecule has 0 spiro atoms. The predicted molar refractivity (Wildman–Crippen MR) is 91.1 cm³/mol. The summed E-state index contributed by atoms with van der Waals surface area (Å²) in [6.45, 7) is 0.763. The molecule has 1 aliphatic carbocycles. The van der Waals surface area contributed by atoms with Crippen LogP contribution in [0.5, 0.6) is 0 Å². The average molecular weight is 457 g/mol. The lowest BCUT2D eigenvalue weighted by atomic mass is 9.98. The molecule has 1 fully saturated rings. The van der Waals surface area contributed by atoms with Crippen molar-refractivity contribution in [3.05, 3.63) is 32.4 Å². The highest BCUT2D eigenvalue weighted by Gasteiger charge is 2.26. The highest BCUT2D eigenvalue weighted by Crippen LogP contribution is 2.32. The molecule has 0 radical (unpaired) electrons. The third kappa shape index (κ3) is 4.08. The molecule has 0 aliphatic heterocycles. The molecule has 2 rings (SSSR count). The zero-order chi connectivity index (χ0) is 13.8. The van der Waals surface area contributed by atoms with Crippen molar-refractivity contribution >= 4 is 56.0 Å². The number of hydrogen-bond donors (Lipinski definition) is 1. The van der Waals surface area contributed by atoms with E-state index in [9.17, 15) is 4.79 Å². The number of alkyl halides is 1. The van der Waals surface area contributed by atoms with Gasteiger partial charge >= 0.3 is 0 Å². The Morgan fingerprint density at radius 2 is 2.16 bits per heavy atom. The standard InChI is InChI=1S/C14H16BrClINO/c15-7-10-2-1-3-11(10)8-18-14(19)9-4-5-13(17)12(16)6-9/h4-6,10-11H,1-3,7-8H2,(H,18,19). The fourth-order valence-corrected chi connectivity index (χ4v) is 3.92. The van der Waals surface area contributed by atoms with Gasteiger partial charge < -0.3 is 5.32 Å². The number of hydrogen-bond acceptors (Lipinski definition) is 1. The van der Waals surface area contributed by atoms with Crippen LogP contribution in [0.15, 0.2) is 18.2 Å². The van der Waals surface area contributed by atoms with Gasteiger partial charge in [-0.3, -0.25) is 4.79 Å². The van der Waals surface area contributed by atoms with Gasteiger partial charge in [0.25, 0.3) is 5.91 Å². The van der Waals surface area contributed by atoms with Gasteiger partial charge in [0.1, 0.15) is 0 Å². The molecular formula is C14H16BrClINO. The van der Waals surface area contributed by atoms with Crippen molar-refractivity contribution in [2.45, 2.75) is 19.3 Å². The topological polar surface area (TPSA) is 29.1 Å². The predicted octanol–water partition coefficient (Wildman–Crippen LogP) is 4.49. The normalized spacial score (nSPS) is 22.5. The number of rotatable bonds is 4. The lowest BCUT2D eigenvalue weighted by molar-refractivity contribution is 0.0945. The minimum absolute atomic E-state index is 0.0291. The second-order valence-corrected chi connectivity index (χ2v) is 7.16. The van der Waals surface area contributed by atoms with E-state index < -0.39 is 0 Å². The summed E-state index contributed by atoms with van der Waals surface area (Å²) in [6, 6.07) is 5.42. The van der Waals surface area contributed by atoms with Crippen molar-refractivity contribution in [1.29, 1.82) is 0 Å². The number of carbonyl (C=O) groups is 1. The molecule has 1 amide bonds. The minimum atomic E-state index is -0.0291. The summed E-state index contributed by atoms with van der Waals surface area (Å²) < 4.78 is 0.964. The molecule has 0 heterocycles. The van der Waals surface area contributed by atoms with E-state index in [-0.39, 0.29) is 5.91 Å². The maximum atomic E-state index is 12.1. The fourth-order valence-electron chi connectivity index (χ4n) is 2.55. The van der Waals surface area contributed by atoms with Crippen LogP contribution in [0.4, 0.5) is 0 Å². The first-order chi connectivity index (χ1) is 9.11. The maximum Gasteiger partial charge on any atom is 0.251 e. The van der Waals surface area contributed by atoms with E-state index in [1.54, 1.807) is 6.07 Å². The molecule has 19 heavy (non-hydrogen) atoms. The monoisotopic (exact) mass is 455 g/mol. The second kappa shape index (κ2) is 7.27. The average Bonchev–Trinajstić information content (AvgIpc) is 2.86. The summed E-state index contributed by atoms with van der Waals surface area (Å²) in [4.78, 5) is 12.1. The van der Waals surface area contributed by atoms with Gasteiger partial charge in [-0.25, -0.2) is 0 Å². The van der Waals surface area contributed by atoms with Gasteiger partial charge in [0.2, 0.25) is 0 Å². The van der Waals surface area contributed by atoms with E-state index in [4.69, 9.17) is 11.6 Å². The second-order valence-electron chi connectivity index (χ2n) is 4.94. The van der Waals surface area contributed by atoms with Gasteiger partial charge in [0.15, 0.2) is 0 Å². The molecule has 1 aromatic carbocycles. The van der Waals surface area contributed by atoms with Crippen LogP contribution in [0, 0.1) is 15.4 Å². The number of nitrogens with one attached hydrogen (secondary N) is 1. The van der Waals surface area contributed by atoms with Crippen molar-refractivity contribution < 1.29 is 4.79 Å². The molecule has 104 valence electrons. The Balaban J connectivity index is 1.92. The molecule has 1 aromatic rings. The van der Waals surface area contributed by atoms with Crippen LogP contribution >= 0.6 is 50.1 Å². The molecular weight excluding hydrogens is 440 g/mol. The van der Waals surface area contributed by atoms with E-state index in [1.165, 1.54) is 19.3 Å². The molecule has 2 unspecified atom stereocenters. The van der Waals surface area contributed by atoms with Gasteiger partial charge in [-0.15, -0.1) is 0 Å². The van der Waals surface area contributed by atoms with E-state index in [0.717, 1.165) is 15.4 Å². The molecule has 2 nitrogen and oxygen atoms in total. The number of halogens is 3. The minimum Gasteiger partial charge on any atom is -0.352 e. The molecule has 5 heteroatoms.